The molecule has 1 amide bonds. The van der Waals surface area contributed by atoms with Crippen LogP contribution in [0.1, 0.15) is 22.5 Å². The first kappa shape index (κ1) is 17.7. The predicted molar refractivity (Wildman–Crippen MR) is 103 cm³/mol. The zero-order valence-corrected chi connectivity index (χ0v) is 15.9. The number of aromatic nitrogens is 5. The summed E-state index contributed by atoms with van der Waals surface area (Å²) < 4.78 is 13.8. The number of halogens is 1. The van der Waals surface area contributed by atoms with Crippen LogP contribution in [-0.4, -0.2) is 61.4 Å². The topological polar surface area (TPSA) is 80.0 Å². The van der Waals surface area contributed by atoms with Gasteiger partial charge in [0.25, 0.3) is 5.91 Å². The monoisotopic (exact) mass is 393 g/mol. The molecular weight excluding hydrogens is 373 g/mol. The van der Waals surface area contributed by atoms with Crippen LogP contribution in [-0.2, 0) is 0 Å². The van der Waals surface area contributed by atoms with Gasteiger partial charge in [0.2, 0.25) is 0 Å². The Morgan fingerprint density at radius 3 is 2.79 bits per heavy atom. The van der Waals surface area contributed by atoms with Crippen LogP contribution in [0, 0.1) is 18.7 Å². The molecule has 0 radical (unpaired) electrons. The van der Waals surface area contributed by atoms with Crippen molar-refractivity contribution in [2.75, 3.05) is 24.5 Å². The van der Waals surface area contributed by atoms with E-state index in [4.69, 9.17) is 0 Å². The number of likely N-dealkylation sites (tertiary alicyclic amines) is 1. The van der Waals surface area contributed by atoms with Crippen molar-refractivity contribution in [3.63, 3.8) is 0 Å². The molecule has 2 fully saturated rings. The Hall–Kier alpha value is -3.36. The Kier molecular flexibility index (Phi) is 4.22. The fourth-order valence-electron chi connectivity index (χ4n) is 4.19. The summed E-state index contributed by atoms with van der Waals surface area (Å²) in [4.78, 5) is 27.4. The second-order valence-corrected chi connectivity index (χ2v) is 7.52. The maximum atomic E-state index is 13.8. The minimum absolute atomic E-state index is 0.141. The molecule has 2 saturated heterocycles. The minimum Gasteiger partial charge on any atom is -0.350 e. The lowest BCUT2D eigenvalue weighted by Gasteiger charge is -2.53. The molecule has 4 heterocycles. The van der Waals surface area contributed by atoms with Crippen molar-refractivity contribution in [3.8, 4) is 5.69 Å². The van der Waals surface area contributed by atoms with Gasteiger partial charge in [0.15, 0.2) is 0 Å². The van der Waals surface area contributed by atoms with Crippen LogP contribution < -0.4 is 4.90 Å². The molecule has 0 aliphatic carbocycles. The Balaban J connectivity index is 1.39. The molecule has 1 aromatic carbocycles. The maximum Gasteiger partial charge on any atom is 0.256 e. The number of nitrogens with zero attached hydrogens (tertiary/aromatic N) is 7. The highest BCUT2D eigenvalue weighted by Crippen LogP contribution is 2.36. The van der Waals surface area contributed by atoms with Gasteiger partial charge >= 0.3 is 0 Å². The molecule has 0 unspecified atom stereocenters. The SMILES string of the molecule is Cc1cncc(N2C[C@@H]3CCN(C(=O)c4ccc(F)cc4-n4nccn4)C[C@@H]32)n1. The summed E-state index contributed by atoms with van der Waals surface area (Å²) in [7, 11) is 0. The van der Waals surface area contributed by atoms with Crippen LogP contribution in [0.4, 0.5) is 10.2 Å². The van der Waals surface area contributed by atoms with Crippen LogP contribution in [0.25, 0.3) is 5.69 Å². The molecule has 0 N–H and O–H groups in total. The average molecular weight is 393 g/mol. The molecule has 3 aromatic rings. The summed E-state index contributed by atoms with van der Waals surface area (Å²) >= 11 is 0. The van der Waals surface area contributed by atoms with Crippen molar-refractivity contribution < 1.29 is 9.18 Å². The van der Waals surface area contributed by atoms with E-state index >= 15 is 0 Å². The third-order valence-corrected chi connectivity index (χ3v) is 5.70. The largest absolute Gasteiger partial charge is 0.350 e. The average Bonchev–Trinajstić information content (AvgIpc) is 3.23. The van der Waals surface area contributed by atoms with Gasteiger partial charge in [-0.3, -0.25) is 9.78 Å². The number of fused-ring (bicyclic) bond motifs is 1. The van der Waals surface area contributed by atoms with Crippen LogP contribution >= 0.6 is 0 Å². The lowest BCUT2D eigenvalue weighted by Crippen LogP contribution is -2.65. The van der Waals surface area contributed by atoms with Crippen molar-refractivity contribution in [1.82, 2.24) is 29.9 Å². The number of amides is 1. The predicted octanol–water partition coefficient (Wildman–Crippen LogP) is 1.86. The zero-order valence-electron chi connectivity index (χ0n) is 15.9. The van der Waals surface area contributed by atoms with Gasteiger partial charge in [-0.1, -0.05) is 0 Å². The molecule has 29 heavy (non-hydrogen) atoms. The van der Waals surface area contributed by atoms with Crippen LogP contribution in [0.2, 0.25) is 0 Å². The van der Waals surface area contributed by atoms with Gasteiger partial charge < -0.3 is 9.80 Å². The van der Waals surface area contributed by atoms with Crippen molar-refractivity contribution in [2.24, 2.45) is 5.92 Å². The van der Waals surface area contributed by atoms with E-state index in [1.54, 1.807) is 12.4 Å². The molecular formula is C20H20FN7O. The van der Waals surface area contributed by atoms with Gasteiger partial charge in [-0.25, -0.2) is 9.37 Å². The van der Waals surface area contributed by atoms with Crippen molar-refractivity contribution >= 4 is 11.7 Å². The van der Waals surface area contributed by atoms with Crippen molar-refractivity contribution in [2.45, 2.75) is 19.4 Å². The number of aryl methyl sites for hydroxylation is 1. The first-order valence-corrected chi connectivity index (χ1v) is 9.61. The van der Waals surface area contributed by atoms with E-state index < -0.39 is 5.82 Å². The smallest absolute Gasteiger partial charge is 0.256 e. The fraction of sp³-hybridized carbons (Fsp3) is 0.350. The lowest BCUT2D eigenvalue weighted by atomic mass is 9.82. The fourth-order valence-corrected chi connectivity index (χ4v) is 4.19. The standard InChI is InChI=1S/C20H20FN7O/c1-13-9-22-10-19(25-13)27-11-14-4-7-26(12-18(14)27)20(29)16-3-2-15(21)8-17(16)28-23-5-6-24-28/h2-3,5-6,8-10,14,18H,4,7,11-12H2,1H3/t14-,18-/m0/s1. The van der Waals surface area contributed by atoms with Gasteiger partial charge in [0.1, 0.15) is 17.3 Å². The van der Waals surface area contributed by atoms with E-state index in [0.29, 0.717) is 30.3 Å². The molecule has 9 heteroatoms. The molecule has 148 valence electrons. The summed E-state index contributed by atoms with van der Waals surface area (Å²) in [6.45, 7) is 4.13. The zero-order chi connectivity index (χ0) is 20.0. The second-order valence-electron chi connectivity index (χ2n) is 7.52. The Morgan fingerprint density at radius 1 is 1.17 bits per heavy atom. The molecule has 0 bridgehead atoms. The molecule has 0 spiro atoms. The molecule has 8 nitrogen and oxygen atoms in total. The van der Waals surface area contributed by atoms with Crippen LogP contribution in [0.5, 0.6) is 0 Å². The van der Waals surface area contributed by atoms with E-state index in [1.165, 1.54) is 35.4 Å². The highest BCUT2D eigenvalue weighted by atomic mass is 19.1. The van der Waals surface area contributed by atoms with Gasteiger partial charge in [-0.2, -0.15) is 15.0 Å². The third-order valence-electron chi connectivity index (χ3n) is 5.70. The van der Waals surface area contributed by atoms with Crippen molar-refractivity contribution in [1.29, 1.82) is 0 Å². The van der Waals surface area contributed by atoms with E-state index in [-0.39, 0.29) is 11.9 Å². The van der Waals surface area contributed by atoms with E-state index in [9.17, 15) is 9.18 Å². The number of rotatable bonds is 3. The summed E-state index contributed by atoms with van der Waals surface area (Å²) in [5.74, 6) is 0.819. The molecule has 2 atom stereocenters. The van der Waals surface area contributed by atoms with E-state index in [2.05, 4.69) is 25.1 Å². The molecule has 2 aliphatic rings. The number of hydrogen-bond acceptors (Lipinski definition) is 6. The highest BCUT2D eigenvalue weighted by Gasteiger charge is 2.44. The highest BCUT2D eigenvalue weighted by molar-refractivity contribution is 5.97. The summed E-state index contributed by atoms with van der Waals surface area (Å²) in [6, 6.07) is 4.31. The minimum atomic E-state index is -0.434. The van der Waals surface area contributed by atoms with Gasteiger partial charge in [0, 0.05) is 37.8 Å². The number of benzene rings is 1. The van der Waals surface area contributed by atoms with Gasteiger partial charge in [-0.15, -0.1) is 0 Å². The first-order chi connectivity index (χ1) is 14.1. The van der Waals surface area contributed by atoms with Gasteiger partial charge in [0.05, 0.1) is 35.9 Å². The second kappa shape index (κ2) is 6.91. The molecule has 2 aliphatic heterocycles. The maximum absolute atomic E-state index is 13.8. The van der Waals surface area contributed by atoms with Crippen LogP contribution in [0.15, 0.2) is 43.0 Å². The number of piperidine rings is 1. The number of carbonyl (C=O) groups excluding carboxylic acids is 1. The summed E-state index contributed by atoms with van der Waals surface area (Å²) in [5.41, 5.74) is 1.61. The third kappa shape index (κ3) is 3.12. The Labute approximate surface area is 167 Å². The van der Waals surface area contributed by atoms with Crippen LogP contribution in [0.3, 0.4) is 0 Å². The molecule has 2 aromatic heterocycles. The quantitative estimate of drug-likeness (QED) is 0.676. The van der Waals surface area contributed by atoms with Gasteiger partial charge in [-0.05, 0) is 25.5 Å². The van der Waals surface area contributed by atoms with E-state index in [1.807, 2.05) is 11.8 Å². The number of carbonyl (C=O) groups is 1. The summed E-state index contributed by atoms with van der Waals surface area (Å²) in [6.07, 6.45) is 7.44. The van der Waals surface area contributed by atoms with Crippen molar-refractivity contribution in [3.05, 3.63) is 60.1 Å². The number of anilines is 1. The lowest BCUT2D eigenvalue weighted by molar-refractivity contribution is 0.0590. The molecule has 0 saturated carbocycles. The van der Waals surface area contributed by atoms with E-state index in [0.717, 1.165) is 24.5 Å². The first-order valence-electron chi connectivity index (χ1n) is 9.61. The Bertz CT molecular complexity index is 1050. The normalized spacial score (nSPS) is 20.9. The number of hydrogen-bond donors (Lipinski definition) is 0. The Morgan fingerprint density at radius 2 is 2.00 bits per heavy atom. The molecule has 5 rings (SSSR count). The summed E-state index contributed by atoms with van der Waals surface area (Å²) in [5, 5.41) is 8.12.